The number of H-pyrrole nitrogens is 1. The minimum absolute atomic E-state index is 0.0447. The van der Waals surface area contributed by atoms with Gasteiger partial charge in [-0.3, -0.25) is 0 Å². The van der Waals surface area contributed by atoms with Gasteiger partial charge in [-0.1, -0.05) is 13.8 Å². The Morgan fingerprint density at radius 1 is 1.22 bits per heavy atom. The van der Waals surface area contributed by atoms with Crippen LogP contribution in [0.5, 0.6) is 5.75 Å². The first-order chi connectivity index (χ1) is 8.31. The second-order valence-electron chi connectivity index (χ2n) is 6.29. The van der Waals surface area contributed by atoms with E-state index in [0.29, 0.717) is 12.4 Å². The van der Waals surface area contributed by atoms with Crippen LogP contribution in [0.2, 0.25) is 0 Å². The molecule has 0 spiro atoms. The zero-order chi connectivity index (χ0) is 13.1. The van der Waals surface area contributed by atoms with Crippen molar-refractivity contribution in [1.29, 1.82) is 0 Å². The highest BCUT2D eigenvalue weighted by atomic mass is 16.5. The summed E-state index contributed by atoms with van der Waals surface area (Å²) in [5.41, 5.74) is 3.10. The van der Waals surface area contributed by atoms with Gasteiger partial charge in [0.1, 0.15) is 11.4 Å². The van der Waals surface area contributed by atoms with E-state index in [9.17, 15) is 5.11 Å². The Hall–Kier alpha value is -1.48. The largest absolute Gasteiger partial charge is 0.508 e. The zero-order valence-corrected chi connectivity index (χ0v) is 11.3. The Balaban J connectivity index is 2.41. The van der Waals surface area contributed by atoms with Crippen LogP contribution in [-0.2, 0) is 15.8 Å². The van der Waals surface area contributed by atoms with E-state index < -0.39 is 0 Å². The van der Waals surface area contributed by atoms with Crippen molar-refractivity contribution in [2.75, 3.05) is 6.61 Å². The maximum atomic E-state index is 9.71. The second-order valence-corrected chi connectivity index (χ2v) is 6.29. The van der Waals surface area contributed by atoms with Gasteiger partial charge in [-0.25, -0.2) is 0 Å². The first-order valence-electron chi connectivity index (χ1n) is 6.31. The van der Waals surface area contributed by atoms with Gasteiger partial charge < -0.3 is 14.8 Å². The molecule has 0 amide bonds. The van der Waals surface area contributed by atoms with Gasteiger partial charge >= 0.3 is 0 Å². The lowest BCUT2D eigenvalue weighted by molar-refractivity contribution is -0.0607. The summed E-state index contributed by atoms with van der Waals surface area (Å²) in [5, 5.41) is 10.8. The van der Waals surface area contributed by atoms with E-state index in [-0.39, 0.29) is 11.0 Å². The number of hydrogen-bond donors (Lipinski definition) is 2. The topological polar surface area (TPSA) is 45.2 Å². The van der Waals surface area contributed by atoms with E-state index in [1.54, 1.807) is 6.07 Å². The van der Waals surface area contributed by atoms with E-state index in [1.165, 1.54) is 5.56 Å². The first-order valence-corrected chi connectivity index (χ1v) is 6.31. The number of nitrogens with one attached hydrogen (secondary N) is 1. The molecule has 1 aliphatic rings. The Morgan fingerprint density at radius 3 is 2.67 bits per heavy atom. The number of aromatic hydroxyl groups is 1. The molecule has 0 saturated carbocycles. The molecule has 0 bridgehead atoms. The fourth-order valence-electron chi connectivity index (χ4n) is 2.84. The van der Waals surface area contributed by atoms with Crippen LogP contribution in [-0.4, -0.2) is 16.7 Å². The Bertz CT molecular complexity index is 623. The van der Waals surface area contributed by atoms with Crippen molar-refractivity contribution in [2.45, 2.75) is 38.7 Å². The van der Waals surface area contributed by atoms with Gasteiger partial charge in [0.2, 0.25) is 0 Å². The van der Waals surface area contributed by atoms with E-state index >= 15 is 0 Å². The molecule has 1 aliphatic heterocycles. The number of hydrogen-bond acceptors (Lipinski definition) is 2. The molecule has 3 rings (SSSR count). The smallest absolute Gasteiger partial charge is 0.116 e. The van der Waals surface area contributed by atoms with E-state index in [1.807, 2.05) is 12.1 Å². The number of benzene rings is 1. The molecule has 0 aliphatic carbocycles. The van der Waals surface area contributed by atoms with Crippen LogP contribution in [0.1, 0.15) is 39.0 Å². The molecule has 1 aromatic carbocycles. The van der Waals surface area contributed by atoms with Gasteiger partial charge in [0, 0.05) is 16.3 Å². The monoisotopic (exact) mass is 245 g/mol. The molecule has 3 nitrogen and oxygen atoms in total. The summed E-state index contributed by atoms with van der Waals surface area (Å²) in [6, 6.07) is 5.48. The van der Waals surface area contributed by atoms with Crippen LogP contribution in [0.4, 0.5) is 0 Å². The molecule has 96 valence electrons. The van der Waals surface area contributed by atoms with Crippen molar-refractivity contribution >= 4 is 10.9 Å². The molecule has 3 heteroatoms. The highest BCUT2D eigenvalue weighted by Gasteiger charge is 2.40. The third-order valence-corrected chi connectivity index (χ3v) is 3.85. The van der Waals surface area contributed by atoms with Gasteiger partial charge in [-0.05, 0) is 37.6 Å². The van der Waals surface area contributed by atoms with Gasteiger partial charge in [-0.15, -0.1) is 0 Å². The minimum atomic E-state index is -0.306. The predicted molar refractivity (Wildman–Crippen MR) is 72.0 cm³/mol. The van der Waals surface area contributed by atoms with Crippen LogP contribution in [0, 0.1) is 0 Å². The van der Waals surface area contributed by atoms with Crippen molar-refractivity contribution in [3.05, 3.63) is 29.5 Å². The molecule has 2 aromatic rings. The second kappa shape index (κ2) is 3.29. The van der Waals surface area contributed by atoms with Crippen molar-refractivity contribution < 1.29 is 9.84 Å². The third kappa shape index (κ3) is 1.47. The van der Waals surface area contributed by atoms with Crippen molar-refractivity contribution in [2.24, 2.45) is 0 Å². The van der Waals surface area contributed by atoms with E-state index in [2.05, 4.69) is 32.7 Å². The Morgan fingerprint density at radius 2 is 1.94 bits per heavy atom. The van der Waals surface area contributed by atoms with E-state index in [0.717, 1.165) is 16.6 Å². The van der Waals surface area contributed by atoms with Crippen molar-refractivity contribution in [3.63, 3.8) is 0 Å². The molecule has 0 radical (unpaired) electrons. The minimum Gasteiger partial charge on any atom is -0.508 e. The fraction of sp³-hybridized carbons (Fsp3) is 0.467. The summed E-state index contributed by atoms with van der Waals surface area (Å²) in [4.78, 5) is 3.45. The lowest BCUT2D eigenvalue weighted by atomic mass is 9.78. The summed E-state index contributed by atoms with van der Waals surface area (Å²) in [6.07, 6.45) is 0. The van der Waals surface area contributed by atoms with Crippen LogP contribution in [0.3, 0.4) is 0 Å². The number of phenols is 1. The highest BCUT2D eigenvalue weighted by molar-refractivity contribution is 5.87. The molecule has 0 fully saturated rings. The zero-order valence-electron chi connectivity index (χ0n) is 11.3. The Labute approximate surface area is 107 Å². The van der Waals surface area contributed by atoms with Gasteiger partial charge in [-0.2, -0.15) is 0 Å². The van der Waals surface area contributed by atoms with Crippen molar-refractivity contribution in [1.82, 2.24) is 4.98 Å². The quantitative estimate of drug-likeness (QED) is 0.747. The maximum Gasteiger partial charge on any atom is 0.116 e. The maximum absolute atomic E-state index is 9.71. The third-order valence-electron chi connectivity index (χ3n) is 3.85. The van der Waals surface area contributed by atoms with Crippen molar-refractivity contribution in [3.8, 4) is 5.75 Å². The molecule has 18 heavy (non-hydrogen) atoms. The Kier molecular flexibility index (Phi) is 2.12. The summed E-state index contributed by atoms with van der Waals surface area (Å²) in [5.74, 6) is 0.310. The first kappa shape index (κ1) is 11.6. The van der Waals surface area contributed by atoms with Crippen LogP contribution in [0.15, 0.2) is 18.2 Å². The molecule has 2 heterocycles. The lowest BCUT2D eigenvalue weighted by Crippen LogP contribution is -2.39. The molecule has 0 saturated heterocycles. The standard InChI is InChI=1S/C15H19NO2/c1-14(2)8-18-15(3,4)13-12(14)10-7-9(17)5-6-11(10)16-13/h5-7,16-17H,8H2,1-4H3. The molecular weight excluding hydrogens is 226 g/mol. The number of aromatic nitrogens is 1. The number of rotatable bonds is 0. The number of fused-ring (bicyclic) bond motifs is 3. The average molecular weight is 245 g/mol. The van der Waals surface area contributed by atoms with Crippen LogP contribution >= 0.6 is 0 Å². The summed E-state index contributed by atoms with van der Waals surface area (Å²) < 4.78 is 5.97. The molecule has 0 unspecified atom stereocenters. The number of phenolic OH excluding ortho intramolecular Hbond substituents is 1. The summed E-state index contributed by atoms with van der Waals surface area (Å²) in [7, 11) is 0. The molecule has 0 atom stereocenters. The SMILES string of the molecule is CC1(C)COC(C)(C)c2[nH]c3ccc(O)cc3c21. The highest BCUT2D eigenvalue weighted by Crippen LogP contribution is 2.44. The lowest BCUT2D eigenvalue weighted by Gasteiger charge is -2.39. The summed E-state index contributed by atoms with van der Waals surface area (Å²) >= 11 is 0. The van der Waals surface area contributed by atoms with Crippen LogP contribution < -0.4 is 0 Å². The molecular formula is C15H19NO2. The van der Waals surface area contributed by atoms with Gasteiger partial charge in [0.25, 0.3) is 0 Å². The van der Waals surface area contributed by atoms with Crippen LogP contribution in [0.25, 0.3) is 10.9 Å². The normalized spacial score (nSPS) is 20.9. The summed E-state index contributed by atoms with van der Waals surface area (Å²) in [6.45, 7) is 9.21. The van der Waals surface area contributed by atoms with Gasteiger partial charge in [0.05, 0.1) is 12.3 Å². The molecule has 1 aromatic heterocycles. The average Bonchev–Trinajstić information content (AvgIpc) is 2.65. The fourth-order valence-corrected chi connectivity index (χ4v) is 2.84. The number of ether oxygens (including phenoxy) is 1. The number of aromatic amines is 1. The predicted octanol–water partition coefficient (Wildman–Crippen LogP) is 3.42. The van der Waals surface area contributed by atoms with Gasteiger partial charge in [0.15, 0.2) is 0 Å². The van der Waals surface area contributed by atoms with E-state index in [4.69, 9.17) is 4.74 Å². The molecule has 2 N–H and O–H groups in total.